The van der Waals surface area contributed by atoms with E-state index >= 15 is 0 Å². The highest BCUT2D eigenvalue weighted by atomic mass is 19.1. The monoisotopic (exact) mass is 274 g/mol. The first-order valence-electron chi connectivity index (χ1n) is 6.58. The van der Waals surface area contributed by atoms with Crippen molar-refractivity contribution >= 4 is 5.82 Å². The van der Waals surface area contributed by atoms with E-state index in [1.807, 2.05) is 26.8 Å². The molecule has 106 valence electrons. The van der Waals surface area contributed by atoms with Gasteiger partial charge in [0.05, 0.1) is 0 Å². The lowest BCUT2D eigenvalue weighted by Crippen LogP contribution is -2.24. The molecule has 0 aliphatic carbocycles. The molecule has 0 saturated heterocycles. The van der Waals surface area contributed by atoms with Gasteiger partial charge in [-0.15, -0.1) is 0 Å². The van der Waals surface area contributed by atoms with Crippen molar-refractivity contribution in [2.24, 2.45) is 5.84 Å². The fraction of sp³-hybridized carbons (Fsp3) is 0.333. The first-order chi connectivity index (χ1) is 9.47. The quantitative estimate of drug-likeness (QED) is 0.664. The van der Waals surface area contributed by atoms with Gasteiger partial charge in [0.1, 0.15) is 17.5 Å². The van der Waals surface area contributed by atoms with E-state index in [4.69, 9.17) is 5.84 Å². The number of hydrazine groups is 1. The van der Waals surface area contributed by atoms with Gasteiger partial charge in [0, 0.05) is 17.2 Å². The molecule has 0 fully saturated rings. The van der Waals surface area contributed by atoms with Gasteiger partial charge in [0.2, 0.25) is 0 Å². The molecule has 2 rings (SSSR count). The van der Waals surface area contributed by atoms with Crippen molar-refractivity contribution in [1.29, 1.82) is 0 Å². The molecule has 0 saturated carbocycles. The molecule has 0 atom stereocenters. The second-order valence-corrected chi connectivity index (χ2v) is 5.20. The maximum absolute atomic E-state index is 13.1. The lowest BCUT2D eigenvalue weighted by atomic mass is 9.83. The highest BCUT2D eigenvalue weighted by molar-refractivity contribution is 5.39. The Kier molecular flexibility index (Phi) is 3.99. The number of nitrogen functional groups attached to an aromatic ring is 1. The number of rotatable bonds is 4. The van der Waals surface area contributed by atoms with Crippen molar-refractivity contribution in [3.05, 3.63) is 53.2 Å². The number of nitrogens with two attached hydrogens (primary N) is 1. The van der Waals surface area contributed by atoms with Crippen molar-refractivity contribution in [3.8, 4) is 0 Å². The zero-order chi connectivity index (χ0) is 14.8. The van der Waals surface area contributed by atoms with Crippen molar-refractivity contribution in [2.45, 2.75) is 32.6 Å². The molecule has 0 amide bonds. The number of benzene rings is 1. The van der Waals surface area contributed by atoms with Crippen molar-refractivity contribution in [3.63, 3.8) is 0 Å². The van der Waals surface area contributed by atoms with Gasteiger partial charge >= 0.3 is 0 Å². The first-order valence-corrected chi connectivity index (χ1v) is 6.58. The van der Waals surface area contributed by atoms with Crippen LogP contribution in [-0.2, 0) is 11.8 Å². The Morgan fingerprint density at radius 3 is 2.40 bits per heavy atom. The molecule has 0 spiro atoms. The van der Waals surface area contributed by atoms with Gasteiger partial charge in [-0.2, -0.15) is 0 Å². The third-order valence-corrected chi connectivity index (χ3v) is 3.41. The molecule has 0 bridgehead atoms. The van der Waals surface area contributed by atoms with E-state index in [2.05, 4.69) is 15.4 Å². The van der Waals surface area contributed by atoms with Gasteiger partial charge in [0.25, 0.3) is 0 Å². The lowest BCUT2D eigenvalue weighted by molar-refractivity contribution is 0.580. The van der Waals surface area contributed by atoms with Crippen LogP contribution in [-0.4, -0.2) is 9.97 Å². The number of hydrogen-bond donors (Lipinski definition) is 2. The number of aryl methyl sites for hydroxylation is 1. The third-order valence-electron chi connectivity index (χ3n) is 3.41. The summed E-state index contributed by atoms with van der Waals surface area (Å²) >= 11 is 0. The van der Waals surface area contributed by atoms with Gasteiger partial charge in [-0.25, -0.2) is 20.2 Å². The number of nitrogens with zero attached hydrogens (tertiary/aromatic N) is 2. The van der Waals surface area contributed by atoms with Crippen LogP contribution < -0.4 is 11.3 Å². The van der Waals surface area contributed by atoms with Gasteiger partial charge in [-0.1, -0.05) is 19.1 Å². The second kappa shape index (κ2) is 5.54. The predicted octanol–water partition coefficient (Wildman–Crippen LogP) is 2.79. The van der Waals surface area contributed by atoms with Gasteiger partial charge in [-0.05, 0) is 38.0 Å². The van der Waals surface area contributed by atoms with Crippen LogP contribution in [0.15, 0.2) is 30.3 Å². The van der Waals surface area contributed by atoms with E-state index < -0.39 is 5.41 Å². The van der Waals surface area contributed by atoms with Crippen LogP contribution >= 0.6 is 0 Å². The lowest BCUT2D eigenvalue weighted by Gasteiger charge is -2.24. The summed E-state index contributed by atoms with van der Waals surface area (Å²) in [5.41, 5.74) is 4.01. The zero-order valence-electron chi connectivity index (χ0n) is 11.9. The molecule has 1 aromatic carbocycles. The molecular formula is C15H19FN4. The summed E-state index contributed by atoms with van der Waals surface area (Å²) in [5.74, 6) is 6.45. The van der Waals surface area contributed by atoms with Crippen molar-refractivity contribution in [2.75, 3.05) is 5.43 Å². The Morgan fingerprint density at radius 1 is 1.20 bits per heavy atom. The Balaban J connectivity index is 2.49. The van der Waals surface area contributed by atoms with E-state index in [9.17, 15) is 4.39 Å². The molecule has 0 radical (unpaired) electrons. The average molecular weight is 274 g/mol. The number of aromatic nitrogens is 2. The largest absolute Gasteiger partial charge is 0.308 e. The predicted molar refractivity (Wildman–Crippen MR) is 77.7 cm³/mol. The number of hydrogen-bond acceptors (Lipinski definition) is 4. The van der Waals surface area contributed by atoms with Crippen LogP contribution in [0.3, 0.4) is 0 Å². The van der Waals surface area contributed by atoms with E-state index in [1.165, 1.54) is 12.1 Å². The maximum Gasteiger partial charge on any atom is 0.143 e. The highest BCUT2D eigenvalue weighted by Gasteiger charge is 2.27. The van der Waals surface area contributed by atoms with Crippen LogP contribution in [0.4, 0.5) is 10.2 Å². The summed E-state index contributed by atoms with van der Waals surface area (Å²) < 4.78 is 13.1. The Labute approximate surface area is 118 Å². The first kappa shape index (κ1) is 14.4. The molecule has 20 heavy (non-hydrogen) atoms. The van der Waals surface area contributed by atoms with Crippen LogP contribution in [0, 0.1) is 5.82 Å². The third kappa shape index (κ3) is 2.77. The van der Waals surface area contributed by atoms with E-state index in [-0.39, 0.29) is 5.82 Å². The molecular weight excluding hydrogens is 255 g/mol. The summed E-state index contributed by atoms with van der Waals surface area (Å²) in [6, 6.07) is 8.23. The molecule has 1 heterocycles. The molecule has 5 heteroatoms. The van der Waals surface area contributed by atoms with E-state index in [0.29, 0.717) is 11.6 Å². The molecule has 0 aliphatic heterocycles. The van der Waals surface area contributed by atoms with Gasteiger partial charge < -0.3 is 5.43 Å². The standard InChI is InChI=1S/C15H19FN4/c1-4-12-9-13(20-17)19-14(18-12)15(2,3)10-5-7-11(16)8-6-10/h5-9H,4,17H2,1-3H3,(H,18,19,20). The van der Waals surface area contributed by atoms with Crippen LogP contribution in [0.1, 0.15) is 37.9 Å². The summed E-state index contributed by atoms with van der Waals surface area (Å²) in [7, 11) is 0. The zero-order valence-corrected chi connectivity index (χ0v) is 11.9. The van der Waals surface area contributed by atoms with Crippen molar-refractivity contribution in [1.82, 2.24) is 9.97 Å². The topological polar surface area (TPSA) is 63.8 Å². The minimum atomic E-state index is -0.426. The van der Waals surface area contributed by atoms with Gasteiger partial charge in [0.15, 0.2) is 0 Å². The summed E-state index contributed by atoms with van der Waals surface area (Å²) in [6.45, 7) is 6.04. The highest BCUT2D eigenvalue weighted by Crippen LogP contribution is 2.30. The van der Waals surface area contributed by atoms with Crippen LogP contribution in [0.25, 0.3) is 0 Å². The molecule has 1 aromatic heterocycles. The fourth-order valence-electron chi connectivity index (χ4n) is 2.03. The SMILES string of the molecule is CCc1cc(NN)nc(C(C)(C)c2ccc(F)cc2)n1. The fourth-order valence-corrected chi connectivity index (χ4v) is 2.03. The Hall–Kier alpha value is -2.01. The summed E-state index contributed by atoms with van der Waals surface area (Å²) in [4.78, 5) is 9.00. The smallest absolute Gasteiger partial charge is 0.143 e. The maximum atomic E-state index is 13.1. The molecule has 0 unspecified atom stereocenters. The minimum Gasteiger partial charge on any atom is -0.308 e. The summed E-state index contributed by atoms with van der Waals surface area (Å²) in [6.07, 6.45) is 0.795. The molecule has 4 nitrogen and oxygen atoms in total. The Bertz CT molecular complexity index is 571. The number of halogens is 1. The normalized spacial score (nSPS) is 11.4. The Morgan fingerprint density at radius 2 is 1.85 bits per heavy atom. The molecule has 0 aliphatic rings. The summed E-state index contributed by atoms with van der Waals surface area (Å²) in [5, 5.41) is 0. The molecule has 2 aromatic rings. The van der Waals surface area contributed by atoms with Crippen molar-refractivity contribution < 1.29 is 4.39 Å². The van der Waals surface area contributed by atoms with Crippen LogP contribution in [0.2, 0.25) is 0 Å². The van der Waals surface area contributed by atoms with E-state index in [0.717, 1.165) is 17.7 Å². The van der Waals surface area contributed by atoms with Gasteiger partial charge in [-0.3, -0.25) is 0 Å². The van der Waals surface area contributed by atoms with E-state index in [1.54, 1.807) is 12.1 Å². The average Bonchev–Trinajstić information content (AvgIpc) is 2.47. The van der Waals surface area contributed by atoms with Crippen LogP contribution in [0.5, 0.6) is 0 Å². The number of anilines is 1. The minimum absolute atomic E-state index is 0.253. The second-order valence-electron chi connectivity index (χ2n) is 5.20. The molecule has 3 N–H and O–H groups in total. The number of nitrogens with one attached hydrogen (secondary N) is 1.